The molecule has 1 fully saturated rings. The molecule has 1 amide bonds. The lowest BCUT2D eigenvalue weighted by atomic mass is 9.96. The highest BCUT2D eigenvalue weighted by molar-refractivity contribution is 7.80. The number of nitrogens with two attached hydrogens (primary N) is 1. The molecule has 0 saturated carbocycles. The number of likely N-dealkylation sites (tertiary alicyclic amines) is 1. The zero-order valence-corrected chi connectivity index (χ0v) is 12.6. The molecule has 6 heteroatoms. The summed E-state index contributed by atoms with van der Waals surface area (Å²) >= 11 is 17.0. The first-order valence-electron chi connectivity index (χ1n) is 6.03. The fraction of sp³-hybridized carbons (Fsp3) is 0.385. The number of benzene rings is 1. The van der Waals surface area contributed by atoms with Crippen molar-refractivity contribution in [2.24, 2.45) is 11.7 Å². The molecule has 0 unspecified atom stereocenters. The van der Waals surface area contributed by atoms with Crippen LogP contribution in [0.25, 0.3) is 0 Å². The predicted molar refractivity (Wildman–Crippen MR) is 81.9 cm³/mol. The van der Waals surface area contributed by atoms with Gasteiger partial charge in [-0.25, -0.2) is 0 Å². The SMILES string of the molecule is NC(=S)C1CCN(C(=O)c2cccc(Cl)c2Cl)CC1. The van der Waals surface area contributed by atoms with E-state index in [1.165, 1.54) is 0 Å². The highest BCUT2D eigenvalue weighted by Crippen LogP contribution is 2.28. The highest BCUT2D eigenvalue weighted by atomic mass is 35.5. The van der Waals surface area contributed by atoms with E-state index in [-0.39, 0.29) is 11.8 Å². The summed E-state index contributed by atoms with van der Waals surface area (Å²) in [6.45, 7) is 1.29. The van der Waals surface area contributed by atoms with Gasteiger partial charge in [-0.05, 0) is 25.0 Å². The van der Waals surface area contributed by atoms with Crippen molar-refractivity contribution < 1.29 is 4.79 Å². The Morgan fingerprint density at radius 2 is 1.95 bits per heavy atom. The first-order chi connectivity index (χ1) is 9.00. The third kappa shape index (κ3) is 3.19. The van der Waals surface area contributed by atoms with Crippen LogP contribution in [0.2, 0.25) is 10.0 Å². The van der Waals surface area contributed by atoms with Gasteiger partial charge in [-0.3, -0.25) is 4.79 Å². The molecule has 0 atom stereocenters. The summed E-state index contributed by atoms with van der Waals surface area (Å²) in [6.07, 6.45) is 1.61. The minimum atomic E-state index is -0.0890. The van der Waals surface area contributed by atoms with Crippen LogP contribution in [0.4, 0.5) is 0 Å². The Morgan fingerprint density at radius 3 is 2.53 bits per heavy atom. The second kappa shape index (κ2) is 6.07. The molecule has 2 rings (SSSR count). The Labute approximate surface area is 127 Å². The molecule has 0 bridgehead atoms. The summed E-state index contributed by atoms with van der Waals surface area (Å²) in [5, 5.41) is 0.705. The smallest absolute Gasteiger partial charge is 0.255 e. The lowest BCUT2D eigenvalue weighted by Gasteiger charge is -2.31. The summed E-state index contributed by atoms with van der Waals surface area (Å²) in [7, 11) is 0. The molecular formula is C13H14Cl2N2OS. The molecule has 3 nitrogen and oxygen atoms in total. The molecule has 2 N–H and O–H groups in total. The lowest BCUT2D eigenvalue weighted by Crippen LogP contribution is -2.41. The Kier molecular flexibility index (Phi) is 4.66. The Bertz CT molecular complexity index is 513. The molecule has 0 aliphatic carbocycles. The van der Waals surface area contributed by atoms with Gasteiger partial charge in [-0.2, -0.15) is 0 Å². The molecule has 1 aliphatic rings. The van der Waals surface area contributed by atoms with Crippen LogP contribution in [-0.2, 0) is 0 Å². The van der Waals surface area contributed by atoms with Crippen LogP contribution in [0.3, 0.4) is 0 Å². The first-order valence-corrected chi connectivity index (χ1v) is 7.19. The van der Waals surface area contributed by atoms with E-state index in [0.29, 0.717) is 33.7 Å². The van der Waals surface area contributed by atoms with E-state index in [9.17, 15) is 4.79 Å². The Morgan fingerprint density at radius 1 is 1.32 bits per heavy atom. The summed E-state index contributed by atoms with van der Waals surface area (Å²) in [4.78, 5) is 14.7. The molecule has 1 saturated heterocycles. The molecule has 19 heavy (non-hydrogen) atoms. The van der Waals surface area contributed by atoms with Crippen LogP contribution >= 0.6 is 35.4 Å². The van der Waals surface area contributed by atoms with E-state index in [1.54, 1.807) is 23.1 Å². The zero-order chi connectivity index (χ0) is 14.0. The second-order valence-electron chi connectivity index (χ2n) is 4.57. The van der Waals surface area contributed by atoms with Gasteiger partial charge in [0, 0.05) is 19.0 Å². The number of thiocarbonyl (C=S) groups is 1. The van der Waals surface area contributed by atoms with Crippen LogP contribution in [0, 0.1) is 5.92 Å². The normalized spacial score (nSPS) is 16.4. The number of carbonyl (C=O) groups is 1. The number of rotatable bonds is 2. The molecule has 102 valence electrons. The third-order valence-electron chi connectivity index (χ3n) is 3.37. The van der Waals surface area contributed by atoms with Crippen LogP contribution in [0.5, 0.6) is 0 Å². The van der Waals surface area contributed by atoms with Crippen molar-refractivity contribution >= 4 is 46.3 Å². The standard InChI is InChI=1S/C13H14Cl2N2OS/c14-10-3-1-2-9(11(10)15)13(18)17-6-4-8(5-7-17)12(16)19/h1-3,8H,4-7H2,(H2,16,19). The van der Waals surface area contributed by atoms with E-state index >= 15 is 0 Å². The Balaban J connectivity index is 2.09. The van der Waals surface area contributed by atoms with E-state index in [4.69, 9.17) is 41.2 Å². The van der Waals surface area contributed by atoms with Crippen molar-refractivity contribution in [1.82, 2.24) is 4.90 Å². The quantitative estimate of drug-likeness (QED) is 0.853. The van der Waals surface area contributed by atoms with Crippen molar-refractivity contribution in [2.75, 3.05) is 13.1 Å². The average molecular weight is 317 g/mol. The largest absolute Gasteiger partial charge is 0.393 e. The number of carbonyl (C=O) groups excluding carboxylic acids is 1. The molecule has 0 radical (unpaired) electrons. The Hall–Kier alpha value is -0.840. The zero-order valence-electron chi connectivity index (χ0n) is 10.2. The van der Waals surface area contributed by atoms with Gasteiger partial charge in [0.1, 0.15) is 0 Å². The van der Waals surface area contributed by atoms with Gasteiger partial charge in [-0.1, -0.05) is 41.5 Å². The van der Waals surface area contributed by atoms with Crippen molar-refractivity contribution in [2.45, 2.75) is 12.8 Å². The van der Waals surface area contributed by atoms with Gasteiger partial charge in [0.15, 0.2) is 0 Å². The van der Waals surface area contributed by atoms with Crippen LogP contribution in [-0.4, -0.2) is 28.9 Å². The van der Waals surface area contributed by atoms with Crippen LogP contribution < -0.4 is 5.73 Å². The van der Waals surface area contributed by atoms with E-state index in [2.05, 4.69) is 0 Å². The number of hydrogen-bond acceptors (Lipinski definition) is 2. The third-order valence-corrected chi connectivity index (χ3v) is 4.52. The van der Waals surface area contributed by atoms with Gasteiger partial charge in [0.25, 0.3) is 5.91 Å². The molecule has 0 aromatic heterocycles. The van der Waals surface area contributed by atoms with Crippen molar-refractivity contribution in [3.63, 3.8) is 0 Å². The van der Waals surface area contributed by atoms with E-state index in [0.717, 1.165) is 12.8 Å². The molecule has 1 aromatic rings. The first kappa shape index (κ1) is 14.6. The number of hydrogen-bond donors (Lipinski definition) is 1. The number of halogens is 2. The summed E-state index contributed by atoms with van der Waals surface area (Å²) in [5.41, 5.74) is 6.08. The van der Waals surface area contributed by atoms with Gasteiger partial charge >= 0.3 is 0 Å². The van der Waals surface area contributed by atoms with Gasteiger partial charge in [-0.15, -0.1) is 0 Å². The van der Waals surface area contributed by atoms with Crippen molar-refractivity contribution in [3.05, 3.63) is 33.8 Å². The minimum absolute atomic E-state index is 0.0890. The summed E-state index contributed by atoms with van der Waals surface area (Å²) in [5.74, 6) is 0.141. The molecule has 0 spiro atoms. The molecule has 1 aliphatic heterocycles. The van der Waals surface area contributed by atoms with Gasteiger partial charge < -0.3 is 10.6 Å². The maximum atomic E-state index is 12.4. The van der Waals surface area contributed by atoms with E-state index < -0.39 is 0 Å². The fourth-order valence-corrected chi connectivity index (χ4v) is 2.82. The molecule has 1 aromatic carbocycles. The minimum Gasteiger partial charge on any atom is -0.393 e. The van der Waals surface area contributed by atoms with Crippen molar-refractivity contribution in [1.29, 1.82) is 0 Å². The fourth-order valence-electron chi connectivity index (χ4n) is 2.21. The number of piperidine rings is 1. The summed E-state index contributed by atoms with van der Waals surface area (Å²) < 4.78 is 0. The maximum absolute atomic E-state index is 12.4. The second-order valence-corrected chi connectivity index (χ2v) is 5.83. The van der Waals surface area contributed by atoms with Crippen LogP contribution in [0.15, 0.2) is 18.2 Å². The lowest BCUT2D eigenvalue weighted by molar-refractivity contribution is 0.0710. The highest BCUT2D eigenvalue weighted by Gasteiger charge is 2.26. The van der Waals surface area contributed by atoms with Crippen LogP contribution in [0.1, 0.15) is 23.2 Å². The molecular weight excluding hydrogens is 303 g/mol. The summed E-state index contributed by atoms with van der Waals surface area (Å²) in [6, 6.07) is 5.08. The van der Waals surface area contributed by atoms with E-state index in [1.807, 2.05) is 0 Å². The van der Waals surface area contributed by atoms with Crippen molar-refractivity contribution in [3.8, 4) is 0 Å². The average Bonchev–Trinajstić information content (AvgIpc) is 2.41. The van der Waals surface area contributed by atoms with Gasteiger partial charge in [0.05, 0.1) is 20.6 Å². The molecule has 1 heterocycles. The predicted octanol–water partition coefficient (Wildman–Crippen LogP) is 3.13. The topological polar surface area (TPSA) is 46.3 Å². The number of nitrogens with zero attached hydrogens (tertiary/aromatic N) is 1. The van der Waals surface area contributed by atoms with Gasteiger partial charge in [0.2, 0.25) is 0 Å². The monoisotopic (exact) mass is 316 g/mol. The maximum Gasteiger partial charge on any atom is 0.255 e. The number of amides is 1.